The number of ether oxygens (including phenoxy) is 1. The lowest BCUT2D eigenvalue weighted by Gasteiger charge is -2.16. The van der Waals surface area contributed by atoms with Gasteiger partial charge < -0.3 is 10.1 Å². The zero-order valence-electron chi connectivity index (χ0n) is 11.5. The third-order valence-corrected chi connectivity index (χ3v) is 3.14. The van der Waals surface area contributed by atoms with Gasteiger partial charge in [0.1, 0.15) is 11.6 Å². The van der Waals surface area contributed by atoms with Crippen molar-refractivity contribution in [2.45, 2.75) is 26.1 Å². The zero-order valence-corrected chi connectivity index (χ0v) is 11.5. The summed E-state index contributed by atoms with van der Waals surface area (Å²) in [4.78, 5) is 0. The van der Waals surface area contributed by atoms with Crippen molar-refractivity contribution in [2.75, 3.05) is 0 Å². The molecular weight excluding hydrogens is 279 g/mol. The van der Waals surface area contributed by atoms with Crippen LogP contribution >= 0.6 is 0 Å². The van der Waals surface area contributed by atoms with Gasteiger partial charge in [0.15, 0.2) is 0 Å². The largest absolute Gasteiger partial charge is 0.434 e. The summed E-state index contributed by atoms with van der Waals surface area (Å²) in [6.45, 7) is -0.627. The summed E-state index contributed by atoms with van der Waals surface area (Å²) in [5, 5.41) is 3.16. The first-order valence-electron chi connectivity index (χ1n) is 6.58. The van der Waals surface area contributed by atoms with Crippen molar-refractivity contribution in [3.8, 4) is 5.75 Å². The normalized spacial score (nSPS) is 12.4. The van der Waals surface area contributed by atoms with Gasteiger partial charge in [-0.2, -0.15) is 8.78 Å². The highest BCUT2D eigenvalue weighted by atomic mass is 19.3. The predicted octanol–water partition coefficient (Wildman–Crippen LogP) is 4.28. The van der Waals surface area contributed by atoms with Crippen molar-refractivity contribution in [3.05, 3.63) is 65.5 Å². The van der Waals surface area contributed by atoms with Crippen LogP contribution in [0.2, 0.25) is 0 Å². The van der Waals surface area contributed by atoms with Gasteiger partial charge in [-0.05, 0) is 30.7 Å². The van der Waals surface area contributed by atoms with Crippen LogP contribution in [0.1, 0.15) is 24.1 Å². The van der Waals surface area contributed by atoms with Crippen LogP contribution in [-0.4, -0.2) is 6.61 Å². The first-order valence-corrected chi connectivity index (χ1v) is 6.58. The summed E-state index contributed by atoms with van der Waals surface area (Å²) in [5.74, 6) is -0.158. The molecule has 2 aromatic rings. The summed E-state index contributed by atoms with van der Waals surface area (Å²) in [7, 11) is 0. The van der Waals surface area contributed by atoms with E-state index in [1.807, 2.05) is 13.0 Å². The molecule has 0 saturated carbocycles. The molecule has 0 aliphatic rings. The molecule has 112 valence electrons. The van der Waals surface area contributed by atoms with Crippen molar-refractivity contribution >= 4 is 0 Å². The van der Waals surface area contributed by atoms with E-state index in [9.17, 15) is 13.2 Å². The molecule has 1 atom stereocenters. The first-order chi connectivity index (χ1) is 10.1. The Hall–Kier alpha value is -2.01. The molecule has 0 heterocycles. The van der Waals surface area contributed by atoms with Gasteiger partial charge in [0.05, 0.1) is 0 Å². The van der Waals surface area contributed by atoms with Crippen LogP contribution in [0, 0.1) is 5.82 Å². The Kier molecular flexibility index (Phi) is 5.22. The van der Waals surface area contributed by atoms with Crippen LogP contribution < -0.4 is 10.1 Å². The minimum atomic E-state index is -2.85. The van der Waals surface area contributed by atoms with Crippen molar-refractivity contribution in [2.24, 2.45) is 0 Å². The maximum Gasteiger partial charge on any atom is 0.387 e. The molecule has 1 N–H and O–H groups in total. The van der Waals surface area contributed by atoms with Gasteiger partial charge in [0, 0.05) is 18.2 Å². The Morgan fingerprint density at radius 2 is 1.86 bits per heavy atom. The summed E-state index contributed by atoms with van der Waals surface area (Å²) in [6.07, 6.45) is 0. The number of hydrogen-bond donors (Lipinski definition) is 1. The molecule has 21 heavy (non-hydrogen) atoms. The fourth-order valence-electron chi connectivity index (χ4n) is 2.02. The number of rotatable bonds is 6. The van der Waals surface area contributed by atoms with Crippen molar-refractivity contribution in [1.82, 2.24) is 5.32 Å². The van der Waals surface area contributed by atoms with Gasteiger partial charge >= 0.3 is 6.61 Å². The molecule has 2 aromatic carbocycles. The van der Waals surface area contributed by atoms with Crippen LogP contribution in [0.5, 0.6) is 5.75 Å². The average molecular weight is 295 g/mol. The molecule has 0 spiro atoms. The molecule has 0 radical (unpaired) electrons. The second kappa shape index (κ2) is 7.13. The van der Waals surface area contributed by atoms with E-state index in [4.69, 9.17) is 0 Å². The maximum atomic E-state index is 13.2. The van der Waals surface area contributed by atoms with Gasteiger partial charge in [0.25, 0.3) is 0 Å². The third-order valence-electron chi connectivity index (χ3n) is 3.14. The Balaban J connectivity index is 2.02. The van der Waals surface area contributed by atoms with E-state index >= 15 is 0 Å². The monoisotopic (exact) mass is 295 g/mol. The molecule has 0 fully saturated rings. The maximum absolute atomic E-state index is 13.2. The first kappa shape index (κ1) is 15.4. The van der Waals surface area contributed by atoms with Crippen LogP contribution in [-0.2, 0) is 6.54 Å². The highest BCUT2D eigenvalue weighted by molar-refractivity contribution is 5.33. The lowest BCUT2D eigenvalue weighted by atomic mass is 10.1. The number of halogens is 3. The molecule has 0 aromatic heterocycles. The van der Waals surface area contributed by atoms with Crippen molar-refractivity contribution in [1.29, 1.82) is 0 Å². The Bertz CT molecular complexity index is 589. The van der Waals surface area contributed by atoms with E-state index < -0.39 is 6.61 Å². The molecule has 0 bridgehead atoms. The van der Waals surface area contributed by atoms with Gasteiger partial charge in [-0.3, -0.25) is 0 Å². The number of para-hydroxylation sites is 1. The molecule has 0 aliphatic heterocycles. The van der Waals surface area contributed by atoms with Crippen LogP contribution in [0.15, 0.2) is 48.5 Å². The number of hydrogen-bond acceptors (Lipinski definition) is 2. The minimum Gasteiger partial charge on any atom is -0.434 e. The molecule has 2 rings (SSSR count). The van der Waals surface area contributed by atoms with Gasteiger partial charge in [-0.15, -0.1) is 0 Å². The van der Waals surface area contributed by atoms with E-state index in [1.54, 1.807) is 24.3 Å². The summed E-state index contributed by atoms with van der Waals surface area (Å²) >= 11 is 0. The van der Waals surface area contributed by atoms with E-state index in [2.05, 4.69) is 10.1 Å². The highest BCUT2D eigenvalue weighted by Crippen LogP contribution is 2.21. The lowest BCUT2D eigenvalue weighted by molar-refractivity contribution is -0.0505. The second-order valence-corrected chi connectivity index (χ2v) is 4.64. The summed E-state index contributed by atoms with van der Waals surface area (Å²) in [5.41, 5.74) is 1.42. The summed E-state index contributed by atoms with van der Waals surface area (Å²) < 4.78 is 42.3. The molecule has 0 amide bonds. The van der Waals surface area contributed by atoms with E-state index in [0.29, 0.717) is 12.1 Å². The SMILES string of the molecule is C[C@@H](NCc1ccccc1OC(F)F)c1cccc(F)c1. The number of nitrogens with one attached hydrogen (secondary N) is 1. The Morgan fingerprint density at radius 1 is 1.10 bits per heavy atom. The van der Waals surface area contributed by atoms with Crippen LogP contribution in [0.3, 0.4) is 0 Å². The van der Waals surface area contributed by atoms with Gasteiger partial charge in [0.2, 0.25) is 0 Å². The van der Waals surface area contributed by atoms with E-state index in [1.165, 1.54) is 18.2 Å². The van der Waals surface area contributed by atoms with Crippen LogP contribution in [0.25, 0.3) is 0 Å². The van der Waals surface area contributed by atoms with Gasteiger partial charge in [-0.25, -0.2) is 4.39 Å². The molecule has 0 unspecified atom stereocenters. The minimum absolute atomic E-state index is 0.111. The lowest BCUT2D eigenvalue weighted by Crippen LogP contribution is -2.19. The Labute approximate surface area is 121 Å². The molecule has 0 saturated heterocycles. The Morgan fingerprint density at radius 3 is 2.57 bits per heavy atom. The molecular formula is C16H16F3NO. The standard InChI is InChI=1S/C16H16F3NO/c1-11(12-6-4-7-14(17)9-12)20-10-13-5-2-3-8-15(13)21-16(18)19/h2-9,11,16,20H,10H2,1H3/t11-/m1/s1. The predicted molar refractivity (Wildman–Crippen MR) is 74.7 cm³/mol. The van der Waals surface area contributed by atoms with Crippen LogP contribution in [0.4, 0.5) is 13.2 Å². The van der Waals surface area contributed by atoms with Gasteiger partial charge in [-0.1, -0.05) is 30.3 Å². The fraction of sp³-hybridized carbons (Fsp3) is 0.250. The third kappa shape index (κ3) is 4.49. The number of benzene rings is 2. The average Bonchev–Trinajstić information content (AvgIpc) is 2.45. The molecule has 5 heteroatoms. The van der Waals surface area contributed by atoms with E-state index in [-0.39, 0.29) is 17.6 Å². The highest BCUT2D eigenvalue weighted by Gasteiger charge is 2.11. The van der Waals surface area contributed by atoms with Crippen molar-refractivity contribution < 1.29 is 17.9 Å². The second-order valence-electron chi connectivity index (χ2n) is 4.64. The van der Waals surface area contributed by atoms with E-state index in [0.717, 1.165) is 5.56 Å². The van der Waals surface area contributed by atoms with Crippen molar-refractivity contribution in [3.63, 3.8) is 0 Å². The topological polar surface area (TPSA) is 21.3 Å². The smallest absolute Gasteiger partial charge is 0.387 e. The molecule has 2 nitrogen and oxygen atoms in total. The zero-order chi connectivity index (χ0) is 15.2. The number of alkyl halides is 2. The molecule has 0 aliphatic carbocycles. The fourth-order valence-corrected chi connectivity index (χ4v) is 2.02. The quantitative estimate of drug-likeness (QED) is 0.859. The summed E-state index contributed by atoms with van der Waals surface area (Å²) in [6, 6.07) is 12.7.